The fraction of sp³-hybridized carbons (Fsp3) is 0. The van der Waals surface area contributed by atoms with Crippen LogP contribution in [0, 0.1) is 0 Å². The molecule has 3 heteroatoms. The van der Waals surface area contributed by atoms with Gasteiger partial charge in [-0.3, -0.25) is 9.59 Å². The lowest BCUT2D eigenvalue weighted by Crippen LogP contribution is -2.35. The predicted molar refractivity (Wildman–Crippen MR) is 75.5 cm³/mol. The van der Waals surface area contributed by atoms with Gasteiger partial charge in [0.1, 0.15) is 5.69 Å². The molecule has 0 radical (unpaired) electrons. The number of rotatable bonds is 0. The van der Waals surface area contributed by atoms with Crippen LogP contribution >= 0.6 is 0 Å². The third-order valence-electron chi connectivity index (χ3n) is 3.58. The largest absolute Gasteiger partial charge is 0.351 e. The van der Waals surface area contributed by atoms with E-state index in [-0.39, 0.29) is 0 Å². The minimum atomic E-state index is -0.429. The molecule has 0 fully saturated rings. The highest BCUT2D eigenvalue weighted by Crippen LogP contribution is 2.41. The monoisotopic (exact) mass is 247 g/mol. The topological polar surface area (TPSA) is 46.2 Å². The van der Waals surface area contributed by atoms with Gasteiger partial charge in [-0.15, -0.1) is 0 Å². The first-order valence-corrected chi connectivity index (χ1v) is 6.06. The van der Waals surface area contributed by atoms with Gasteiger partial charge in [0.25, 0.3) is 5.43 Å². The maximum absolute atomic E-state index is 11.8. The van der Waals surface area contributed by atoms with Crippen molar-refractivity contribution in [2.45, 2.75) is 0 Å². The summed E-state index contributed by atoms with van der Waals surface area (Å²) in [5, 5.41) is 3.10. The minimum Gasteiger partial charge on any atom is -0.351 e. The Morgan fingerprint density at radius 1 is 0.684 bits per heavy atom. The molecule has 0 unspecified atom stereocenters. The van der Waals surface area contributed by atoms with Gasteiger partial charge in [0.2, 0.25) is 5.43 Å². The Morgan fingerprint density at radius 3 is 2.11 bits per heavy atom. The van der Waals surface area contributed by atoms with Crippen LogP contribution in [0.4, 0.5) is 11.4 Å². The summed E-state index contributed by atoms with van der Waals surface area (Å²) in [6.45, 7) is 0. The Kier molecular flexibility index (Phi) is 1.85. The molecule has 3 aromatic carbocycles. The normalized spacial score (nSPS) is 12.0. The first-order chi connectivity index (χ1) is 9.27. The molecule has 1 heterocycles. The SMILES string of the molecule is O=c1c2c(c1=O)-c1ccccc1-c1ccccc1N2. The summed E-state index contributed by atoms with van der Waals surface area (Å²) in [5.74, 6) is 0. The van der Waals surface area contributed by atoms with Crippen molar-refractivity contribution in [3.63, 3.8) is 0 Å². The fourth-order valence-electron chi connectivity index (χ4n) is 2.67. The molecule has 0 aliphatic carbocycles. The summed E-state index contributed by atoms with van der Waals surface area (Å²) in [5.41, 5.74) is 3.79. The number of benzene rings is 2. The number of fused-ring (bicyclic) bond motifs is 5. The van der Waals surface area contributed by atoms with Crippen molar-refractivity contribution in [2.75, 3.05) is 5.32 Å². The zero-order chi connectivity index (χ0) is 13.0. The number of nitrogens with one attached hydrogen (secondary N) is 1. The molecule has 1 aliphatic rings. The van der Waals surface area contributed by atoms with Crippen LogP contribution in [0.5, 0.6) is 0 Å². The fourth-order valence-corrected chi connectivity index (χ4v) is 2.67. The zero-order valence-corrected chi connectivity index (χ0v) is 9.94. The molecule has 0 bridgehead atoms. The number of anilines is 2. The van der Waals surface area contributed by atoms with Crippen LogP contribution in [0.1, 0.15) is 0 Å². The maximum atomic E-state index is 11.8. The lowest BCUT2D eigenvalue weighted by Gasteiger charge is -2.10. The van der Waals surface area contributed by atoms with Crippen LogP contribution in [0.25, 0.3) is 22.3 Å². The van der Waals surface area contributed by atoms with E-state index < -0.39 is 10.9 Å². The number of hydrogen-bond donors (Lipinski definition) is 1. The van der Waals surface area contributed by atoms with E-state index in [0.717, 1.165) is 22.4 Å². The van der Waals surface area contributed by atoms with Gasteiger partial charge in [-0.25, -0.2) is 0 Å². The van der Waals surface area contributed by atoms with Crippen molar-refractivity contribution in [1.29, 1.82) is 0 Å². The van der Waals surface area contributed by atoms with E-state index in [1.165, 1.54) is 0 Å². The minimum absolute atomic E-state index is 0.400. The summed E-state index contributed by atoms with van der Waals surface area (Å²) < 4.78 is 0. The van der Waals surface area contributed by atoms with Crippen LogP contribution < -0.4 is 16.2 Å². The van der Waals surface area contributed by atoms with E-state index in [9.17, 15) is 9.59 Å². The first-order valence-electron chi connectivity index (χ1n) is 6.06. The summed E-state index contributed by atoms with van der Waals surface area (Å²) in [6, 6.07) is 15.4. The quantitative estimate of drug-likeness (QED) is 0.486. The summed E-state index contributed by atoms with van der Waals surface area (Å²) >= 11 is 0. The van der Waals surface area contributed by atoms with Crippen molar-refractivity contribution in [3.05, 3.63) is 69.0 Å². The Morgan fingerprint density at radius 2 is 1.32 bits per heavy atom. The van der Waals surface area contributed by atoms with Crippen molar-refractivity contribution in [2.24, 2.45) is 0 Å². The molecule has 0 saturated heterocycles. The first kappa shape index (κ1) is 10.3. The van der Waals surface area contributed by atoms with E-state index in [0.29, 0.717) is 11.3 Å². The summed E-state index contributed by atoms with van der Waals surface area (Å²) in [7, 11) is 0. The van der Waals surface area contributed by atoms with Gasteiger partial charge in [0.05, 0.1) is 5.56 Å². The van der Waals surface area contributed by atoms with E-state index in [2.05, 4.69) is 5.32 Å². The van der Waals surface area contributed by atoms with Crippen molar-refractivity contribution < 1.29 is 0 Å². The van der Waals surface area contributed by atoms with Crippen LogP contribution in [0.15, 0.2) is 58.1 Å². The third kappa shape index (κ3) is 1.21. The standard InChI is InChI=1S/C16H9NO2/c18-15-13-11-7-2-1-5-9(11)10-6-3-4-8-12(10)17-14(13)16(15)19/h1-8,17H. The van der Waals surface area contributed by atoms with Gasteiger partial charge in [0.15, 0.2) is 0 Å². The molecule has 1 aliphatic heterocycles. The van der Waals surface area contributed by atoms with Crippen LogP contribution in [-0.2, 0) is 0 Å². The Labute approximate surface area is 108 Å². The highest BCUT2D eigenvalue weighted by Gasteiger charge is 2.28. The molecule has 0 aromatic heterocycles. The number of hydrogen-bond acceptors (Lipinski definition) is 3. The van der Waals surface area contributed by atoms with Crippen LogP contribution in [0.3, 0.4) is 0 Å². The summed E-state index contributed by atoms with van der Waals surface area (Å²) in [4.78, 5) is 23.5. The lowest BCUT2D eigenvalue weighted by molar-refractivity contribution is 1.39. The third-order valence-corrected chi connectivity index (χ3v) is 3.58. The smallest absolute Gasteiger partial charge is 0.250 e. The number of para-hydroxylation sites is 1. The highest BCUT2D eigenvalue weighted by molar-refractivity contribution is 5.99. The van der Waals surface area contributed by atoms with Gasteiger partial charge in [-0.1, -0.05) is 42.5 Å². The molecular formula is C16H9NO2. The molecule has 19 heavy (non-hydrogen) atoms. The second-order valence-electron chi connectivity index (χ2n) is 4.62. The molecule has 90 valence electrons. The van der Waals surface area contributed by atoms with E-state index >= 15 is 0 Å². The Bertz CT molecular complexity index is 886. The van der Waals surface area contributed by atoms with Gasteiger partial charge < -0.3 is 5.32 Å². The Hall–Kier alpha value is -2.68. The average Bonchev–Trinajstić information content (AvgIpc) is 2.60. The average molecular weight is 247 g/mol. The van der Waals surface area contributed by atoms with Gasteiger partial charge in [-0.2, -0.15) is 0 Å². The maximum Gasteiger partial charge on any atom is 0.250 e. The van der Waals surface area contributed by atoms with Gasteiger partial charge in [0, 0.05) is 11.3 Å². The van der Waals surface area contributed by atoms with Crippen molar-refractivity contribution in [1.82, 2.24) is 0 Å². The molecule has 4 rings (SSSR count). The predicted octanol–water partition coefficient (Wildman–Crippen LogP) is 2.67. The van der Waals surface area contributed by atoms with Gasteiger partial charge in [-0.05, 0) is 17.2 Å². The molecule has 1 N–H and O–H groups in total. The molecule has 0 spiro atoms. The molecule has 0 amide bonds. The molecule has 3 aromatic rings. The molecule has 3 nitrogen and oxygen atoms in total. The van der Waals surface area contributed by atoms with Crippen LogP contribution in [-0.4, -0.2) is 0 Å². The summed E-state index contributed by atoms with van der Waals surface area (Å²) in [6.07, 6.45) is 0. The highest BCUT2D eigenvalue weighted by atomic mass is 16.2. The molecule has 0 saturated carbocycles. The van der Waals surface area contributed by atoms with Crippen molar-refractivity contribution in [3.8, 4) is 22.3 Å². The lowest BCUT2D eigenvalue weighted by atomic mass is 9.92. The van der Waals surface area contributed by atoms with Crippen molar-refractivity contribution >= 4 is 11.4 Å². The second-order valence-corrected chi connectivity index (χ2v) is 4.62. The Balaban J connectivity index is 2.17. The molecular weight excluding hydrogens is 238 g/mol. The van der Waals surface area contributed by atoms with E-state index in [1.54, 1.807) is 0 Å². The molecule has 0 atom stereocenters. The van der Waals surface area contributed by atoms with Gasteiger partial charge >= 0.3 is 0 Å². The second kappa shape index (κ2) is 3.42. The zero-order valence-electron chi connectivity index (χ0n) is 9.94. The van der Waals surface area contributed by atoms with E-state index in [4.69, 9.17) is 0 Å². The van der Waals surface area contributed by atoms with E-state index in [1.807, 2.05) is 48.5 Å². The van der Waals surface area contributed by atoms with Crippen LogP contribution in [0.2, 0.25) is 0 Å².